The van der Waals surface area contributed by atoms with Gasteiger partial charge in [0.2, 0.25) is 0 Å². The van der Waals surface area contributed by atoms with Crippen LogP contribution >= 0.6 is 0 Å². The Morgan fingerprint density at radius 2 is 1.78 bits per heavy atom. The van der Waals surface area contributed by atoms with Crippen LogP contribution in [0.3, 0.4) is 0 Å². The lowest BCUT2D eigenvalue weighted by atomic mass is 10.1. The molecule has 0 atom stereocenters. The van der Waals surface area contributed by atoms with E-state index >= 15 is 0 Å². The number of piperazine rings is 1. The molecule has 128 valence electrons. The van der Waals surface area contributed by atoms with Gasteiger partial charge in [0.1, 0.15) is 0 Å². The van der Waals surface area contributed by atoms with Crippen LogP contribution in [0.4, 0.5) is 8.78 Å². The van der Waals surface area contributed by atoms with Crippen molar-refractivity contribution in [3.63, 3.8) is 0 Å². The maximum Gasteiger partial charge on any atom is 0.387 e. The fourth-order valence-corrected chi connectivity index (χ4v) is 2.62. The number of ether oxygens (including phenoxy) is 2. The van der Waals surface area contributed by atoms with E-state index < -0.39 is 6.61 Å². The summed E-state index contributed by atoms with van der Waals surface area (Å²) in [6.45, 7) is 4.12. The summed E-state index contributed by atoms with van der Waals surface area (Å²) >= 11 is 0. The number of rotatable bonds is 5. The molecule has 7 heteroatoms. The Labute approximate surface area is 134 Å². The van der Waals surface area contributed by atoms with Crippen LogP contribution in [0.2, 0.25) is 0 Å². The van der Waals surface area contributed by atoms with Crippen LogP contribution in [0, 0.1) is 0 Å². The molecule has 1 heterocycles. The number of methoxy groups -OCH3 is 1. The second-order valence-corrected chi connectivity index (χ2v) is 5.67. The van der Waals surface area contributed by atoms with Crippen molar-refractivity contribution in [3.05, 3.63) is 23.8 Å². The number of hydrogen-bond donors (Lipinski definition) is 0. The van der Waals surface area contributed by atoms with E-state index in [1.807, 2.05) is 0 Å². The molecule has 1 aliphatic rings. The fourth-order valence-electron chi connectivity index (χ4n) is 2.62. The second-order valence-electron chi connectivity index (χ2n) is 5.67. The standard InChI is InChI=1S/C16H22F2N2O3/c1-11(2)19-6-8-20(9-7-19)15(21)12-4-5-13(22-3)14(10-12)23-16(17)18/h4-5,10-11,16H,6-9H2,1-3H3. The third-order valence-electron chi connectivity index (χ3n) is 3.96. The molecule has 0 radical (unpaired) electrons. The SMILES string of the molecule is COc1ccc(C(=O)N2CCN(C(C)C)CC2)cc1OC(F)F. The summed E-state index contributed by atoms with van der Waals surface area (Å²) in [5.74, 6) is -0.143. The molecule has 0 N–H and O–H groups in total. The van der Waals surface area contributed by atoms with Crippen LogP contribution in [0.5, 0.6) is 11.5 Å². The predicted molar refractivity (Wildman–Crippen MR) is 82.2 cm³/mol. The normalized spacial score (nSPS) is 16.0. The maximum absolute atomic E-state index is 12.5. The van der Waals surface area contributed by atoms with Gasteiger partial charge in [0.15, 0.2) is 11.5 Å². The summed E-state index contributed by atoms with van der Waals surface area (Å²) in [4.78, 5) is 16.6. The lowest BCUT2D eigenvalue weighted by Crippen LogP contribution is -2.50. The van der Waals surface area contributed by atoms with Crippen LogP contribution in [0.25, 0.3) is 0 Å². The van der Waals surface area contributed by atoms with Crippen molar-refractivity contribution in [3.8, 4) is 11.5 Å². The molecule has 1 aromatic rings. The highest BCUT2D eigenvalue weighted by Gasteiger charge is 2.24. The minimum Gasteiger partial charge on any atom is -0.493 e. The molecule has 1 fully saturated rings. The number of nitrogens with zero attached hydrogens (tertiary/aromatic N) is 2. The Hall–Kier alpha value is -1.89. The van der Waals surface area contributed by atoms with Gasteiger partial charge in [0, 0.05) is 37.8 Å². The third-order valence-corrected chi connectivity index (χ3v) is 3.96. The van der Waals surface area contributed by atoms with Gasteiger partial charge in [-0.3, -0.25) is 9.69 Å². The van der Waals surface area contributed by atoms with Gasteiger partial charge in [-0.1, -0.05) is 0 Å². The van der Waals surface area contributed by atoms with Crippen molar-refractivity contribution in [1.29, 1.82) is 0 Å². The first-order valence-electron chi connectivity index (χ1n) is 7.58. The van der Waals surface area contributed by atoms with Crippen LogP contribution in [0.15, 0.2) is 18.2 Å². The van der Waals surface area contributed by atoms with E-state index in [9.17, 15) is 13.6 Å². The average Bonchev–Trinajstić information content (AvgIpc) is 2.53. The highest BCUT2D eigenvalue weighted by Crippen LogP contribution is 2.30. The topological polar surface area (TPSA) is 42.0 Å². The van der Waals surface area contributed by atoms with Crippen molar-refractivity contribution in [2.24, 2.45) is 0 Å². The van der Waals surface area contributed by atoms with Gasteiger partial charge >= 0.3 is 6.61 Å². The largest absolute Gasteiger partial charge is 0.493 e. The van der Waals surface area contributed by atoms with Crippen molar-refractivity contribution < 1.29 is 23.0 Å². The molecule has 0 spiro atoms. The van der Waals surface area contributed by atoms with E-state index in [1.165, 1.54) is 19.2 Å². The smallest absolute Gasteiger partial charge is 0.387 e. The van der Waals surface area contributed by atoms with E-state index in [1.54, 1.807) is 11.0 Å². The van der Waals surface area contributed by atoms with E-state index in [2.05, 4.69) is 23.5 Å². The monoisotopic (exact) mass is 328 g/mol. The number of alkyl halides is 2. The predicted octanol–water partition coefficient (Wildman–Crippen LogP) is 2.46. The first-order valence-corrected chi connectivity index (χ1v) is 7.58. The van der Waals surface area contributed by atoms with E-state index in [0.717, 1.165) is 13.1 Å². The lowest BCUT2D eigenvalue weighted by Gasteiger charge is -2.37. The maximum atomic E-state index is 12.5. The van der Waals surface area contributed by atoms with Gasteiger partial charge in [-0.15, -0.1) is 0 Å². The molecule has 0 unspecified atom stereocenters. The summed E-state index contributed by atoms with van der Waals surface area (Å²) in [5, 5.41) is 0. The van der Waals surface area contributed by atoms with Gasteiger partial charge in [0.05, 0.1) is 7.11 Å². The number of hydrogen-bond acceptors (Lipinski definition) is 4. The number of benzene rings is 1. The van der Waals surface area contributed by atoms with Gasteiger partial charge in [-0.2, -0.15) is 8.78 Å². The zero-order chi connectivity index (χ0) is 17.0. The quantitative estimate of drug-likeness (QED) is 0.833. The zero-order valence-electron chi connectivity index (χ0n) is 13.6. The van der Waals surface area contributed by atoms with E-state index in [4.69, 9.17) is 4.74 Å². The van der Waals surface area contributed by atoms with Crippen molar-refractivity contribution in [2.45, 2.75) is 26.5 Å². The van der Waals surface area contributed by atoms with Gasteiger partial charge in [-0.05, 0) is 32.0 Å². The molecule has 1 amide bonds. The van der Waals surface area contributed by atoms with Gasteiger partial charge < -0.3 is 14.4 Å². The Morgan fingerprint density at radius 1 is 1.13 bits per heavy atom. The highest BCUT2D eigenvalue weighted by atomic mass is 19.3. The minimum absolute atomic E-state index is 0.130. The lowest BCUT2D eigenvalue weighted by molar-refractivity contribution is -0.0512. The fraction of sp³-hybridized carbons (Fsp3) is 0.562. The van der Waals surface area contributed by atoms with Crippen LogP contribution < -0.4 is 9.47 Å². The molecule has 0 aliphatic carbocycles. The Balaban J connectivity index is 2.10. The molecule has 1 aliphatic heterocycles. The van der Waals surface area contributed by atoms with E-state index in [-0.39, 0.29) is 17.4 Å². The zero-order valence-corrected chi connectivity index (χ0v) is 13.6. The molecular formula is C16H22F2N2O3. The second kappa shape index (κ2) is 7.59. The number of carbonyl (C=O) groups is 1. The molecular weight excluding hydrogens is 306 g/mol. The van der Waals surface area contributed by atoms with Crippen molar-refractivity contribution in [1.82, 2.24) is 9.80 Å². The van der Waals surface area contributed by atoms with Crippen LogP contribution in [-0.4, -0.2) is 61.6 Å². The Kier molecular flexibility index (Phi) is 5.76. The molecule has 0 saturated carbocycles. The van der Waals surface area contributed by atoms with Crippen molar-refractivity contribution in [2.75, 3.05) is 33.3 Å². The number of carbonyl (C=O) groups excluding carboxylic acids is 1. The first kappa shape index (κ1) is 17.5. The van der Waals surface area contributed by atoms with Gasteiger partial charge in [-0.25, -0.2) is 0 Å². The molecule has 1 aromatic carbocycles. The summed E-state index contributed by atoms with van der Waals surface area (Å²) in [7, 11) is 1.36. The highest BCUT2D eigenvalue weighted by molar-refractivity contribution is 5.95. The average molecular weight is 328 g/mol. The molecule has 1 saturated heterocycles. The first-order chi connectivity index (χ1) is 10.9. The molecule has 23 heavy (non-hydrogen) atoms. The third kappa shape index (κ3) is 4.31. The Morgan fingerprint density at radius 3 is 2.30 bits per heavy atom. The molecule has 0 aromatic heterocycles. The van der Waals surface area contributed by atoms with Crippen LogP contribution in [0.1, 0.15) is 24.2 Å². The summed E-state index contributed by atoms with van der Waals surface area (Å²) in [6, 6.07) is 4.78. The number of halogens is 2. The minimum atomic E-state index is -2.97. The molecule has 5 nitrogen and oxygen atoms in total. The summed E-state index contributed by atoms with van der Waals surface area (Å²) < 4.78 is 34.3. The Bertz CT molecular complexity index is 544. The van der Waals surface area contributed by atoms with E-state index in [0.29, 0.717) is 24.7 Å². The molecule has 2 rings (SSSR count). The summed E-state index contributed by atoms with van der Waals surface area (Å²) in [5.41, 5.74) is 0.319. The molecule has 0 bridgehead atoms. The number of amides is 1. The van der Waals surface area contributed by atoms with Gasteiger partial charge in [0.25, 0.3) is 5.91 Å². The van der Waals surface area contributed by atoms with Crippen LogP contribution in [-0.2, 0) is 0 Å². The summed E-state index contributed by atoms with van der Waals surface area (Å²) in [6.07, 6.45) is 0. The van der Waals surface area contributed by atoms with Crippen molar-refractivity contribution >= 4 is 5.91 Å².